The molecule has 0 bridgehead atoms. The van der Waals surface area contributed by atoms with Gasteiger partial charge < -0.3 is 5.73 Å². The number of nitrogens with zero attached hydrogens (tertiary/aromatic N) is 2. The summed E-state index contributed by atoms with van der Waals surface area (Å²) in [4.78, 5) is 0. The molecule has 1 heterocycles. The second-order valence-corrected chi connectivity index (χ2v) is 5.24. The number of nitrogens with two attached hydrogens (primary N) is 1. The molecule has 2 N–H and O–H groups in total. The minimum atomic E-state index is 0.584. The predicted molar refractivity (Wildman–Crippen MR) is 77.0 cm³/mol. The van der Waals surface area contributed by atoms with Crippen molar-refractivity contribution in [3.63, 3.8) is 0 Å². The quantitative estimate of drug-likeness (QED) is 0.710. The van der Waals surface area contributed by atoms with Crippen LogP contribution in [0.5, 0.6) is 0 Å². The highest BCUT2D eigenvalue weighted by Gasteiger charge is 2.26. The van der Waals surface area contributed by atoms with Crippen LogP contribution in [0.4, 0.5) is 5.69 Å². The molecule has 1 unspecified atom stereocenters. The van der Waals surface area contributed by atoms with Crippen molar-refractivity contribution in [3.8, 4) is 0 Å². The molecule has 4 rings (SSSR count). The number of benzene rings is 2. The lowest BCUT2D eigenvalue weighted by Gasteiger charge is -2.30. The van der Waals surface area contributed by atoms with E-state index in [0.29, 0.717) is 5.92 Å². The van der Waals surface area contributed by atoms with Crippen molar-refractivity contribution in [2.24, 2.45) is 0 Å². The summed E-state index contributed by atoms with van der Waals surface area (Å²) >= 11 is 0. The van der Waals surface area contributed by atoms with Crippen LogP contribution in [-0.2, 0) is 13.0 Å². The molecule has 0 spiro atoms. The first-order chi connectivity index (χ1) is 9.31. The van der Waals surface area contributed by atoms with Crippen molar-refractivity contribution in [1.82, 2.24) is 9.78 Å². The molecule has 1 aliphatic carbocycles. The van der Waals surface area contributed by atoms with Crippen LogP contribution < -0.4 is 5.73 Å². The Bertz CT molecular complexity index is 758. The molecule has 3 nitrogen and oxygen atoms in total. The van der Waals surface area contributed by atoms with E-state index in [1.165, 1.54) is 11.1 Å². The van der Waals surface area contributed by atoms with Crippen LogP contribution in [0.25, 0.3) is 10.9 Å². The number of aromatic nitrogens is 2. The number of hydrogen-bond acceptors (Lipinski definition) is 2. The molecule has 0 radical (unpaired) electrons. The van der Waals surface area contributed by atoms with E-state index in [9.17, 15) is 0 Å². The van der Waals surface area contributed by atoms with E-state index in [0.717, 1.165) is 29.6 Å². The average Bonchev–Trinajstić information content (AvgIpc) is 2.78. The van der Waals surface area contributed by atoms with Crippen LogP contribution in [0.3, 0.4) is 0 Å². The number of nitrogen functional groups attached to an aromatic ring is 1. The van der Waals surface area contributed by atoms with E-state index in [-0.39, 0.29) is 0 Å². The molecule has 0 aliphatic heterocycles. The summed E-state index contributed by atoms with van der Waals surface area (Å²) in [6.45, 7) is 0.934. The molecule has 0 amide bonds. The number of fused-ring (bicyclic) bond motifs is 2. The molecular formula is C16H15N3. The maximum atomic E-state index is 5.86. The van der Waals surface area contributed by atoms with Gasteiger partial charge in [-0.1, -0.05) is 24.3 Å². The molecule has 1 aliphatic rings. The Balaban J connectivity index is 1.68. The molecule has 3 heteroatoms. The van der Waals surface area contributed by atoms with Crippen molar-refractivity contribution >= 4 is 16.6 Å². The minimum absolute atomic E-state index is 0.584. The molecule has 1 atom stereocenters. The van der Waals surface area contributed by atoms with E-state index < -0.39 is 0 Å². The third-order valence-corrected chi connectivity index (χ3v) is 4.02. The molecule has 0 saturated heterocycles. The van der Waals surface area contributed by atoms with E-state index >= 15 is 0 Å². The van der Waals surface area contributed by atoms with Gasteiger partial charge in [-0.15, -0.1) is 0 Å². The van der Waals surface area contributed by atoms with Gasteiger partial charge in [0.25, 0.3) is 0 Å². The summed E-state index contributed by atoms with van der Waals surface area (Å²) in [6.07, 6.45) is 3.07. The summed E-state index contributed by atoms with van der Waals surface area (Å²) in [5.74, 6) is 0.584. The summed E-state index contributed by atoms with van der Waals surface area (Å²) < 4.78 is 2.08. The van der Waals surface area contributed by atoms with Crippen molar-refractivity contribution < 1.29 is 0 Å². The van der Waals surface area contributed by atoms with E-state index in [2.05, 4.69) is 34.0 Å². The van der Waals surface area contributed by atoms with Crippen LogP contribution in [0, 0.1) is 0 Å². The van der Waals surface area contributed by atoms with Crippen LogP contribution >= 0.6 is 0 Å². The van der Waals surface area contributed by atoms with Gasteiger partial charge >= 0.3 is 0 Å². The summed E-state index contributed by atoms with van der Waals surface area (Å²) in [5.41, 5.74) is 10.7. The van der Waals surface area contributed by atoms with Gasteiger partial charge in [-0.2, -0.15) is 5.10 Å². The highest BCUT2D eigenvalue weighted by Crippen LogP contribution is 2.36. The third kappa shape index (κ3) is 1.62. The zero-order chi connectivity index (χ0) is 12.8. The van der Waals surface area contributed by atoms with Crippen LogP contribution in [-0.4, -0.2) is 9.78 Å². The molecule has 94 valence electrons. The SMILES string of the molecule is Nc1ccc2cnn(CC3Cc4ccccc43)c2c1. The first kappa shape index (κ1) is 10.6. The maximum Gasteiger partial charge on any atom is 0.0703 e. The maximum absolute atomic E-state index is 5.86. The van der Waals surface area contributed by atoms with Gasteiger partial charge in [0, 0.05) is 23.5 Å². The van der Waals surface area contributed by atoms with Gasteiger partial charge in [-0.05, 0) is 35.7 Å². The Kier molecular flexibility index (Phi) is 2.15. The van der Waals surface area contributed by atoms with Gasteiger partial charge in [0.15, 0.2) is 0 Å². The van der Waals surface area contributed by atoms with Gasteiger partial charge in [-0.3, -0.25) is 4.68 Å². The molecule has 2 aromatic carbocycles. The molecule has 3 aromatic rings. The lowest BCUT2D eigenvalue weighted by atomic mass is 9.77. The van der Waals surface area contributed by atoms with Gasteiger partial charge in [0.05, 0.1) is 11.7 Å². The van der Waals surface area contributed by atoms with Gasteiger partial charge in [0.2, 0.25) is 0 Å². The Labute approximate surface area is 111 Å². The molecular weight excluding hydrogens is 234 g/mol. The summed E-state index contributed by atoms with van der Waals surface area (Å²) in [5, 5.41) is 5.65. The molecule has 19 heavy (non-hydrogen) atoms. The number of rotatable bonds is 2. The highest BCUT2D eigenvalue weighted by atomic mass is 15.3. The second-order valence-electron chi connectivity index (χ2n) is 5.24. The lowest BCUT2D eigenvalue weighted by molar-refractivity contribution is 0.485. The zero-order valence-electron chi connectivity index (χ0n) is 10.6. The Morgan fingerprint density at radius 1 is 1.21 bits per heavy atom. The summed E-state index contributed by atoms with van der Waals surface area (Å²) in [7, 11) is 0. The number of hydrogen-bond donors (Lipinski definition) is 1. The Morgan fingerprint density at radius 2 is 2.11 bits per heavy atom. The van der Waals surface area contributed by atoms with Crippen molar-refractivity contribution in [2.75, 3.05) is 5.73 Å². The van der Waals surface area contributed by atoms with Gasteiger partial charge in [0.1, 0.15) is 0 Å². The standard InChI is InChI=1S/C16H15N3/c17-14-6-5-12-9-18-19(16(12)8-14)10-13-7-11-3-1-2-4-15(11)13/h1-6,8-9,13H,7,10,17H2. The minimum Gasteiger partial charge on any atom is -0.399 e. The Morgan fingerprint density at radius 3 is 3.00 bits per heavy atom. The van der Waals surface area contributed by atoms with Crippen LogP contribution in [0.15, 0.2) is 48.7 Å². The Hall–Kier alpha value is -2.29. The van der Waals surface area contributed by atoms with Crippen LogP contribution in [0.2, 0.25) is 0 Å². The van der Waals surface area contributed by atoms with Crippen molar-refractivity contribution in [2.45, 2.75) is 18.9 Å². The first-order valence-corrected chi connectivity index (χ1v) is 6.60. The fourth-order valence-electron chi connectivity index (χ4n) is 2.97. The van der Waals surface area contributed by atoms with Gasteiger partial charge in [-0.25, -0.2) is 0 Å². The van der Waals surface area contributed by atoms with Crippen molar-refractivity contribution in [3.05, 3.63) is 59.8 Å². The molecule has 1 aromatic heterocycles. The molecule has 0 fully saturated rings. The summed E-state index contributed by atoms with van der Waals surface area (Å²) in [6, 6.07) is 14.6. The normalized spacial score (nSPS) is 17.2. The monoisotopic (exact) mass is 249 g/mol. The van der Waals surface area contributed by atoms with Crippen molar-refractivity contribution in [1.29, 1.82) is 0 Å². The fourth-order valence-corrected chi connectivity index (χ4v) is 2.97. The largest absolute Gasteiger partial charge is 0.399 e. The molecule has 0 saturated carbocycles. The number of anilines is 1. The zero-order valence-corrected chi connectivity index (χ0v) is 10.6. The highest BCUT2D eigenvalue weighted by molar-refractivity contribution is 5.81. The van der Waals surface area contributed by atoms with E-state index in [1.54, 1.807) is 0 Å². The van der Waals surface area contributed by atoms with E-state index in [4.69, 9.17) is 5.73 Å². The topological polar surface area (TPSA) is 43.8 Å². The van der Waals surface area contributed by atoms with E-state index in [1.807, 2.05) is 24.4 Å². The second kappa shape index (κ2) is 3.85. The average molecular weight is 249 g/mol. The fraction of sp³-hybridized carbons (Fsp3) is 0.188. The lowest BCUT2D eigenvalue weighted by Crippen LogP contribution is -2.22. The predicted octanol–water partition coefficient (Wildman–Crippen LogP) is 2.96. The smallest absolute Gasteiger partial charge is 0.0703 e. The van der Waals surface area contributed by atoms with Crippen LogP contribution in [0.1, 0.15) is 17.0 Å². The first-order valence-electron chi connectivity index (χ1n) is 6.60. The third-order valence-electron chi connectivity index (χ3n) is 4.02.